The van der Waals surface area contributed by atoms with Crippen molar-refractivity contribution < 1.29 is 4.79 Å². The molecule has 0 amide bonds. The quantitative estimate of drug-likeness (QED) is 0.602. The molecule has 3 unspecified atom stereocenters. The molecule has 4 aliphatic carbocycles. The SMILES string of the molecule is C#CC1=CCC2C3CCC4=CC(=O)C=C[C@]4(C)C3CC[C@]12C. The van der Waals surface area contributed by atoms with Gasteiger partial charge in [0.15, 0.2) is 5.78 Å². The summed E-state index contributed by atoms with van der Waals surface area (Å²) in [6.45, 7) is 4.74. The van der Waals surface area contributed by atoms with E-state index in [1.54, 1.807) is 6.08 Å². The summed E-state index contributed by atoms with van der Waals surface area (Å²) in [7, 11) is 0. The number of rotatable bonds is 0. The zero-order valence-corrected chi connectivity index (χ0v) is 13.6. The molecule has 0 aromatic carbocycles. The fourth-order valence-corrected chi connectivity index (χ4v) is 5.99. The summed E-state index contributed by atoms with van der Waals surface area (Å²) in [6.07, 6.45) is 19.9. The molecule has 0 aliphatic heterocycles. The van der Waals surface area contributed by atoms with Gasteiger partial charge in [-0.1, -0.05) is 37.5 Å². The highest BCUT2D eigenvalue weighted by Crippen LogP contribution is 2.64. The standard InChI is InChI=1S/C21H24O/c1-4-14-6-8-18-17-7-5-15-13-16(22)9-11-21(15,3)19(17)10-12-20(14,18)2/h1,6,9,11,13,17-19H,5,7-8,10,12H2,2-3H3/t17?,18?,19?,20-,21+/m1/s1. The van der Waals surface area contributed by atoms with Crippen molar-refractivity contribution in [2.24, 2.45) is 28.6 Å². The van der Waals surface area contributed by atoms with Crippen molar-refractivity contribution in [3.63, 3.8) is 0 Å². The maximum atomic E-state index is 11.7. The first-order valence-electron chi connectivity index (χ1n) is 8.60. The second kappa shape index (κ2) is 4.48. The molecular weight excluding hydrogens is 268 g/mol. The molecule has 0 aromatic rings. The Labute approximate surface area is 133 Å². The van der Waals surface area contributed by atoms with E-state index in [2.05, 4.69) is 31.9 Å². The van der Waals surface area contributed by atoms with E-state index in [1.807, 2.05) is 6.08 Å². The lowest BCUT2D eigenvalue weighted by molar-refractivity contribution is -0.111. The van der Waals surface area contributed by atoms with E-state index >= 15 is 0 Å². The zero-order chi connectivity index (χ0) is 15.5. The molecule has 1 heteroatoms. The number of carbonyl (C=O) groups is 1. The van der Waals surface area contributed by atoms with Crippen molar-refractivity contribution in [1.82, 2.24) is 0 Å². The molecule has 0 N–H and O–H groups in total. The molecule has 2 fully saturated rings. The van der Waals surface area contributed by atoms with Crippen molar-refractivity contribution >= 4 is 5.78 Å². The van der Waals surface area contributed by atoms with Gasteiger partial charge < -0.3 is 0 Å². The molecule has 4 rings (SSSR count). The molecule has 0 radical (unpaired) electrons. The third-order valence-electron chi connectivity index (χ3n) is 7.29. The van der Waals surface area contributed by atoms with E-state index < -0.39 is 0 Å². The Bertz CT molecular complexity index is 671. The Morgan fingerprint density at radius 2 is 2.09 bits per heavy atom. The number of hydrogen-bond donors (Lipinski definition) is 0. The van der Waals surface area contributed by atoms with Crippen molar-refractivity contribution in [3.05, 3.63) is 35.5 Å². The van der Waals surface area contributed by atoms with Crippen molar-refractivity contribution in [3.8, 4) is 12.3 Å². The van der Waals surface area contributed by atoms with E-state index in [-0.39, 0.29) is 16.6 Å². The van der Waals surface area contributed by atoms with Crippen molar-refractivity contribution in [2.45, 2.75) is 46.0 Å². The van der Waals surface area contributed by atoms with Crippen molar-refractivity contribution in [1.29, 1.82) is 0 Å². The van der Waals surface area contributed by atoms with Gasteiger partial charge in [-0.15, -0.1) is 6.42 Å². The van der Waals surface area contributed by atoms with Gasteiger partial charge in [0.1, 0.15) is 0 Å². The minimum absolute atomic E-state index is 0.0943. The number of carbonyl (C=O) groups excluding carboxylic acids is 1. The van der Waals surface area contributed by atoms with Gasteiger partial charge in [-0.2, -0.15) is 0 Å². The van der Waals surface area contributed by atoms with E-state index in [9.17, 15) is 4.79 Å². The molecule has 5 atom stereocenters. The molecule has 4 aliphatic rings. The van der Waals surface area contributed by atoms with Crippen LogP contribution in [0, 0.1) is 40.9 Å². The summed E-state index contributed by atoms with van der Waals surface area (Å²) in [4.78, 5) is 11.7. The second-order valence-electron chi connectivity index (χ2n) is 8.06. The van der Waals surface area contributed by atoms with Gasteiger partial charge in [-0.3, -0.25) is 4.79 Å². The Balaban J connectivity index is 1.71. The van der Waals surface area contributed by atoms with Crippen LogP contribution in [0.2, 0.25) is 0 Å². The van der Waals surface area contributed by atoms with Gasteiger partial charge in [-0.25, -0.2) is 0 Å². The molecule has 0 bridgehead atoms. The van der Waals surface area contributed by atoms with Gasteiger partial charge in [0, 0.05) is 16.4 Å². The van der Waals surface area contributed by atoms with Crippen LogP contribution in [0.3, 0.4) is 0 Å². The summed E-state index contributed by atoms with van der Waals surface area (Å²) >= 11 is 0. The first kappa shape index (κ1) is 14.1. The van der Waals surface area contributed by atoms with Crippen LogP contribution in [0.4, 0.5) is 0 Å². The van der Waals surface area contributed by atoms with Crippen molar-refractivity contribution in [2.75, 3.05) is 0 Å². The number of fused-ring (bicyclic) bond motifs is 5. The lowest BCUT2D eigenvalue weighted by atomic mass is 9.48. The number of ketones is 1. The molecular formula is C21H24O. The summed E-state index contributed by atoms with van der Waals surface area (Å²) in [5.41, 5.74) is 2.93. The van der Waals surface area contributed by atoms with Crippen LogP contribution in [0.15, 0.2) is 35.5 Å². The fraction of sp³-hybridized carbons (Fsp3) is 0.571. The first-order chi connectivity index (χ1) is 10.5. The second-order valence-corrected chi connectivity index (χ2v) is 8.06. The van der Waals surface area contributed by atoms with Crippen LogP contribution in [0.5, 0.6) is 0 Å². The van der Waals surface area contributed by atoms with Gasteiger partial charge in [0.2, 0.25) is 0 Å². The summed E-state index contributed by atoms with van der Waals surface area (Å²) in [5, 5.41) is 0. The normalized spacial score (nSPS) is 46.0. The summed E-state index contributed by atoms with van der Waals surface area (Å²) < 4.78 is 0. The van der Waals surface area contributed by atoms with Crippen LogP contribution < -0.4 is 0 Å². The summed E-state index contributed by atoms with van der Waals surface area (Å²) in [5.74, 6) is 5.23. The third kappa shape index (κ3) is 1.64. The lowest BCUT2D eigenvalue weighted by Gasteiger charge is -2.56. The van der Waals surface area contributed by atoms with Crippen LogP contribution >= 0.6 is 0 Å². The molecule has 0 saturated heterocycles. The van der Waals surface area contributed by atoms with Crippen LogP contribution in [0.25, 0.3) is 0 Å². The topological polar surface area (TPSA) is 17.1 Å². The molecule has 22 heavy (non-hydrogen) atoms. The zero-order valence-electron chi connectivity index (χ0n) is 13.6. The Morgan fingerprint density at radius 1 is 1.27 bits per heavy atom. The fourth-order valence-electron chi connectivity index (χ4n) is 5.99. The Kier molecular flexibility index (Phi) is 2.86. The molecule has 2 saturated carbocycles. The smallest absolute Gasteiger partial charge is 0.178 e. The number of terminal acetylenes is 1. The Morgan fingerprint density at radius 3 is 2.86 bits per heavy atom. The van der Waals surface area contributed by atoms with Gasteiger partial charge in [0.25, 0.3) is 0 Å². The third-order valence-corrected chi connectivity index (χ3v) is 7.29. The molecule has 1 nitrogen and oxygen atoms in total. The minimum atomic E-state index is 0.0943. The monoisotopic (exact) mass is 292 g/mol. The molecule has 114 valence electrons. The average Bonchev–Trinajstić information content (AvgIpc) is 2.84. The number of hydrogen-bond acceptors (Lipinski definition) is 1. The van der Waals surface area contributed by atoms with Crippen LogP contribution in [0.1, 0.15) is 46.0 Å². The molecule has 0 heterocycles. The van der Waals surface area contributed by atoms with Crippen LogP contribution in [-0.4, -0.2) is 5.78 Å². The predicted molar refractivity (Wildman–Crippen MR) is 88.9 cm³/mol. The lowest BCUT2D eigenvalue weighted by Crippen LogP contribution is -2.49. The van der Waals surface area contributed by atoms with E-state index in [1.165, 1.54) is 30.4 Å². The highest BCUT2D eigenvalue weighted by Gasteiger charge is 2.56. The number of allylic oxidation sites excluding steroid dienone is 6. The van der Waals surface area contributed by atoms with E-state index in [0.717, 1.165) is 18.8 Å². The summed E-state index contributed by atoms with van der Waals surface area (Å²) in [6, 6.07) is 0. The maximum absolute atomic E-state index is 11.7. The van der Waals surface area contributed by atoms with E-state index in [4.69, 9.17) is 6.42 Å². The predicted octanol–water partition coefficient (Wildman–Crippen LogP) is 4.46. The highest BCUT2D eigenvalue weighted by atomic mass is 16.1. The largest absolute Gasteiger partial charge is 0.290 e. The van der Waals surface area contributed by atoms with Gasteiger partial charge >= 0.3 is 0 Å². The minimum Gasteiger partial charge on any atom is -0.290 e. The molecule has 0 spiro atoms. The highest BCUT2D eigenvalue weighted by molar-refractivity contribution is 6.01. The van der Waals surface area contributed by atoms with Gasteiger partial charge in [-0.05, 0) is 62.0 Å². The maximum Gasteiger partial charge on any atom is 0.178 e. The van der Waals surface area contributed by atoms with Gasteiger partial charge in [0.05, 0.1) is 0 Å². The molecule has 0 aromatic heterocycles. The average molecular weight is 292 g/mol. The first-order valence-corrected chi connectivity index (χ1v) is 8.60. The Hall–Kier alpha value is -1.55. The van der Waals surface area contributed by atoms with Crippen LogP contribution in [-0.2, 0) is 4.79 Å². The van der Waals surface area contributed by atoms with E-state index in [0.29, 0.717) is 11.8 Å².